The van der Waals surface area contributed by atoms with E-state index in [0.717, 1.165) is 34.5 Å². The summed E-state index contributed by atoms with van der Waals surface area (Å²) in [6.07, 6.45) is 0.670. The number of hydrogen-bond donors (Lipinski definition) is 1. The van der Waals surface area contributed by atoms with E-state index < -0.39 is 5.97 Å². The summed E-state index contributed by atoms with van der Waals surface area (Å²) < 4.78 is 12.1. The van der Waals surface area contributed by atoms with E-state index in [0.29, 0.717) is 37.9 Å². The van der Waals surface area contributed by atoms with Gasteiger partial charge in [-0.2, -0.15) is 4.98 Å². The van der Waals surface area contributed by atoms with Crippen molar-refractivity contribution in [2.24, 2.45) is 5.92 Å². The molecule has 36 heavy (non-hydrogen) atoms. The Morgan fingerprint density at radius 3 is 2.08 bits per heavy atom. The largest absolute Gasteiger partial charge is 0.481 e. The molecule has 0 unspecified atom stereocenters. The zero-order chi connectivity index (χ0) is 24.7. The Hall–Kier alpha value is -4.32. The molecule has 1 atom stereocenters. The molecule has 1 aliphatic rings. The molecule has 0 amide bonds. The number of pyridine rings is 1. The van der Waals surface area contributed by atoms with Crippen molar-refractivity contribution >= 4 is 11.7 Å². The summed E-state index contributed by atoms with van der Waals surface area (Å²) in [5, 5.41) is 9.30. The van der Waals surface area contributed by atoms with Crippen LogP contribution in [0.3, 0.4) is 0 Å². The zero-order valence-corrected chi connectivity index (χ0v) is 19.9. The lowest BCUT2D eigenvalue weighted by Crippen LogP contribution is -2.22. The van der Waals surface area contributed by atoms with E-state index in [1.54, 1.807) is 0 Å². The van der Waals surface area contributed by atoms with Crippen LogP contribution in [0.1, 0.15) is 17.5 Å². The van der Waals surface area contributed by atoms with Crippen molar-refractivity contribution in [3.05, 3.63) is 108 Å². The number of anilines is 1. The van der Waals surface area contributed by atoms with Crippen LogP contribution >= 0.6 is 0 Å². The Morgan fingerprint density at radius 2 is 1.47 bits per heavy atom. The Bertz CT molecular complexity index is 1290. The van der Waals surface area contributed by atoms with Gasteiger partial charge in [0.2, 0.25) is 11.8 Å². The third kappa shape index (κ3) is 5.66. The van der Waals surface area contributed by atoms with Crippen LogP contribution in [0, 0.1) is 5.92 Å². The third-order valence-corrected chi connectivity index (χ3v) is 6.36. The molecule has 1 N–H and O–H groups in total. The fourth-order valence-electron chi connectivity index (χ4n) is 4.34. The van der Waals surface area contributed by atoms with Crippen LogP contribution in [-0.4, -0.2) is 29.1 Å². The van der Waals surface area contributed by atoms with E-state index in [1.165, 1.54) is 0 Å². The van der Waals surface area contributed by atoms with E-state index in [4.69, 9.17) is 9.47 Å². The first-order valence-electron chi connectivity index (χ1n) is 12.1. The molecular weight excluding hydrogens is 452 g/mol. The van der Waals surface area contributed by atoms with Gasteiger partial charge in [-0.25, -0.2) is 0 Å². The summed E-state index contributed by atoms with van der Waals surface area (Å²) >= 11 is 0. The molecule has 6 heteroatoms. The van der Waals surface area contributed by atoms with Crippen LogP contribution in [0.4, 0.5) is 5.69 Å². The van der Waals surface area contributed by atoms with Gasteiger partial charge in [0.1, 0.15) is 13.2 Å². The highest BCUT2D eigenvalue weighted by Crippen LogP contribution is 2.33. The number of aliphatic carboxylic acids is 1. The summed E-state index contributed by atoms with van der Waals surface area (Å²) in [5.74, 6) is -0.0337. The molecule has 1 saturated heterocycles. The number of carboxylic acid groups (broad SMARTS) is 1. The van der Waals surface area contributed by atoms with E-state index >= 15 is 0 Å². The Labute approximate surface area is 210 Å². The number of nitrogens with zero attached hydrogens (tertiary/aromatic N) is 2. The minimum atomic E-state index is -0.727. The second-order valence-electron chi connectivity index (χ2n) is 8.87. The maximum atomic E-state index is 11.3. The third-order valence-electron chi connectivity index (χ3n) is 6.36. The number of benzene rings is 3. The lowest BCUT2D eigenvalue weighted by atomic mass is 10.1. The van der Waals surface area contributed by atoms with Crippen LogP contribution in [-0.2, 0) is 18.0 Å². The molecule has 0 spiro atoms. The predicted molar refractivity (Wildman–Crippen MR) is 139 cm³/mol. The maximum Gasteiger partial charge on any atom is 0.308 e. The minimum absolute atomic E-state index is 0.310. The molecule has 2 heterocycles. The van der Waals surface area contributed by atoms with Crippen LogP contribution in [0.2, 0.25) is 0 Å². The first kappa shape index (κ1) is 23.4. The fourth-order valence-corrected chi connectivity index (χ4v) is 4.34. The average Bonchev–Trinajstić information content (AvgIpc) is 3.43. The van der Waals surface area contributed by atoms with Crippen molar-refractivity contribution in [2.75, 3.05) is 18.0 Å². The molecule has 1 aromatic heterocycles. The van der Waals surface area contributed by atoms with Gasteiger partial charge in [0, 0.05) is 30.4 Å². The second-order valence-corrected chi connectivity index (χ2v) is 8.87. The number of rotatable bonds is 9. The topological polar surface area (TPSA) is 71.9 Å². The van der Waals surface area contributed by atoms with Crippen molar-refractivity contribution < 1.29 is 19.4 Å². The van der Waals surface area contributed by atoms with Gasteiger partial charge in [-0.05, 0) is 41.3 Å². The van der Waals surface area contributed by atoms with E-state index in [-0.39, 0.29) is 5.92 Å². The maximum absolute atomic E-state index is 11.3. The van der Waals surface area contributed by atoms with E-state index in [1.807, 2.05) is 97.1 Å². The molecule has 0 saturated carbocycles. The van der Waals surface area contributed by atoms with Crippen LogP contribution in [0.5, 0.6) is 11.8 Å². The number of aromatic nitrogens is 1. The van der Waals surface area contributed by atoms with Crippen molar-refractivity contribution in [1.82, 2.24) is 4.98 Å². The first-order valence-corrected chi connectivity index (χ1v) is 12.1. The van der Waals surface area contributed by atoms with Gasteiger partial charge < -0.3 is 19.5 Å². The molecule has 3 aromatic carbocycles. The van der Waals surface area contributed by atoms with Gasteiger partial charge in [0.05, 0.1) is 5.92 Å². The average molecular weight is 481 g/mol. The van der Waals surface area contributed by atoms with Crippen LogP contribution in [0.25, 0.3) is 11.1 Å². The Balaban J connectivity index is 1.36. The molecule has 1 fully saturated rings. The van der Waals surface area contributed by atoms with Gasteiger partial charge in [-0.15, -0.1) is 0 Å². The van der Waals surface area contributed by atoms with Crippen molar-refractivity contribution in [2.45, 2.75) is 19.6 Å². The van der Waals surface area contributed by atoms with Gasteiger partial charge in [-0.1, -0.05) is 72.8 Å². The number of hydrogen-bond acceptors (Lipinski definition) is 5. The SMILES string of the molecule is O=C(O)[C@@H]1CCN(c2ccc(-c3ccc(OCc4ccccc4)nc3OCc3ccccc3)cc2)C1. The normalized spacial score (nSPS) is 15.0. The van der Waals surface area contributed by atoms with Gasteiger partial charge >= 0.3 is 5.97 Å². The summed E-state index contributed by atoms with van der Waals surface area (Å²) in [4.78, 5) is 18.1. The predicted octanol–water partition coefficient (Wildman–Crippen LogP) is 5.82. The highest BCUT2D eigenvalue weighted by Gasteiger charge is 2.28. The Morgan fingerprint density at radius 1 is 0.833 bits per heavy atom. The van der Waals surface area contributed by atoms with Crippen molar-refractivity contribution in [3.63, 3.8) is 0 Å². The minimum Gasteiger partial charge on any atom is -0.481 e. The lowest BCUT2D eigenvalue weighted by Gasteiger charge is -2.19. The van der Waals surface area contributed by atoms with Gasteiger partial charge in [-0.3, -0.25) is 4.79 Å². The number of carboxylic acids is 1. The van der Waals surface area contributed by atoms with E-state index in [9.17, 15) is 9.90 Å². The molecule has 0 bridgehead atoms. The second kappa shape index (κ2) is 11.0. The quantitative estimate of drug-likeness (QED) is 0.326. The van der Waals surface area contributed by atoms with Crippen molar-refractivity contribution in [3.8, 4) is 22.9 Å². The summed E-state index contributed by atoms with van der Waals surface area (Å²) in [7, 11) is 0. The van der Waals surface area contributed by atoms with Crippen LogP contribution < -0.4 is 14.4 Å². The lowest BCUT2D eigenvalue weighted by molar-refractivity contribution is -0.140. The van der Waals surface area contributed by atoms with Crippen LogP contribution in [0.15, 0.2) is 97.1 Å². The monoisotopic (exact) mass is 480 g/mol. The van der Waals surface area contributed by atoms with Gasteiger partial charge in [0.15, 0.2) is 0 Å². The molecule has 4 aromatic rings. The van der Waals surface area contributed by atoms with E-state index in [2.05, 4.69) is 9.88 Å². The summed E-state index contributed by atoms with van der Waals surface area (Å²) in [5.41, 5.74) is 4.98. The highest BCUT2D eigenvalue weighted by atomic mass is 16.5. The Kier molecular flexibility index (Phi) is 7.12. The smallest absolute Gasteiger partial charge is 0.308 e. The van der Waals surface area contributed by atoms with Gasteiger partial charge in [0.25, 0.3) is 0 Å². The standard InChI is InChI=1S/C30H28N2O4/c33-30(34)25-17-18-32(19-25)26-13-11-24(12-14-26)27-15-16-28(35-20-22-7-3-1-4-8-22)31-29(27)36-21-23-9-5-2-6-10-23/h1-16,25H,17-21H2,(H,33,34)/t25-/m1/s1. The summed E-state index contributed by atoms with van der Waals surface area (Å²) in [6, 6.07) is 31.9. The molecular formula is C30H28N2O4. The molecule has 5 rings (SSSR count). The zero-order valence-electron chi connectivity index (χ0n) is 19.9. The fraction of sp³-hybridized carbons (Fsp3) is 0.200. The number of carbonyl (C=O) groups is 1. The highest BCUT2D eigenvalue weighted by molar-refractivity contribution is 5.73. The molecule has 1 aliphatic heterocycles. The molecule has 0 radical (unpaired) electrons. The molecule has 182 valence electrons. The first-order chi connectivity index (χ1) is 17.7. The molecule has 0 aliphatic carbocycles. The summed E-state index contributed by atoms with van der Waals surface area (Å²) in [6.45, 7) is 2.10. The molecule has 6 nitrogen and oxygen atoms in total. The van der Waals surface area contributed by atoms with Crippen molar-refractivity contribution in [1.29, 1.82) is 0 Å². The number of ether oxygens (including phenoxy) is 2.